The van der Waals surface area contributed by atoms with Crippen molar-refractivity contribution in [2.75, 3.05) is 17.7 Å². The molecule has 0 aliphatic carbocycles. The number of rotatable bonds is 6. The number of fused-ring (bicyclic) bond motifs is 2. The molecule has 0 radical (unpaired) electrons. The lowest BCUT2D eigenvalue weighted by Crippen LogP contribution is -2.15. The minimum Gasteiger partial charge on any atom is -0.459 e. The molecule has 0 aliphatic rings. The van der Waals surface area contributed by atoms with Gasteiger partial charge in [0, 0.05) is 29.1 Å². The van der Waals surface area contributed by atoms with Crippen LogP contribution in [0.1, 0.15) is 11.3 Å². The van der Waals surface area contributed by atoms with Gasteiger partial charge in [0.15, 0.2) is 0 Å². The van der Waals surface area contributed by atoms with Crippen LogP contribution >= 0.6 is 0 Å². The van der Waals surface area contributed by atoms with Crippen molar-refractivity contribution in [3.05, 3.63) is 102 Å². The summed E-state index contributed by atoms with van der Waals surface area (Å²) in [6, 6.07) is 22.6. The molecule has 0 saturated heterocycles. The number of nitrogens with two attached hydrogens (primary N) is 1. The zero-order valence-corrected chi connectivity index (χ0v) is 19.6. The Balaban J connectivity index is 1.20. The highest BCUT2D eigenvalue weighted by atomic mass is 19.1. The zero-order chi connectivity index (χ0) is 24.6. The number of nitrogen functional groups attached to an aromatic ring is 1. The Hall–Kier alpha value is -4.72. The van der Waals surface area contributed by atoms with E-state index in [1.807, 2.05) is 60.4 Å². The minimum absolute atomic E-state index is 0.243. The molecule has 0 saturated carbocycles. The van der Waals surface area contributed by atoms with Crippen LogP contribution in [0, 0.1) is 5.82 Å². The average Bonchev–Trinajstić information content (AvgIpc) is 3.51. The van der Waals surface area contributed by atoms with Gasteiger partial charge in [-0.05, 0) is 66.2 Å². The highest BCUT2D eigenvalue weighted by Crippen LogP contribution is 2.29. The highest BCUT2D eigenvalue weighted by Gasteiger charge is 2.12. The lowest BCUT2D eigenvalue weighted by Gasteiger charge is -2.18. The molecule has 3 aromatic carbocycles. The first-order valence-corrected chi connectivity index (χ1v) is 11.5. The third-order valence-corrected chi connectivity index (χ3v) is 6.29. The predicted octanol–water partition coefficient (Wildman–Crippen LogP) is 5.65. The quantitative estimate of drug-likeness (QED) is 0.333. The molecule has 0 amide bonds. The molecule has 0 atom stereocenters. The standard InChI is InChI=1S/C28H23FN6O/c1-34(16-23-7-10-27(36-23)19-5-8-25-24(13-19)28(30)32-17-31-25)22-6-9-26-20(12-22)14-33-35(26)15-18-3-2-4-21(29)11-18/h2-14,17H,15-16H2,1H3,(H2,30,31,32). The molecule has 2 N–H and O–H groups in total. The first kappa shape index (κ1) is 21.8. The Kier molecular flexibility index (Phi) is 5.33. The first-order chi connectivity index (χ1) is 17.5. The molecule has 178 valence electrons. The monoisotopic (exact) mass is 478 g/mol. The molecule has 0 fully saturated rings. The minimum atomic E-state index is -0.243. The van der Waals surface area contributed by atoms with Crippen LogP contribution in [0.25, 0.3) is 33.1 Å². The second-order valence-electron chi connectivity index (χ2n) is 8.79. The number of hydrogen-bond donors (Lipinski definition) is 1. The van der Waals surface area contributed by atoms with Gasteiger partial charge >= 0.3 is 0 Å². The fourth-order valence-electron chi connectivity index (χ4n) is 4.42. The van der Waals surface area contributed by atoms with Crippen molar-refractivity contribution in [2.24, 2.45) is 0 Å². The van der Waals surface area contributed by atoms with Gasteiger partial charge in [0.25, 0.3) is 0 Å². The van der Waals surface area contributed by atoms with E-state index in [9.17, 15) is 4.39 Å². The normalized spacial score (nSPS) is 11.4. The van der Waals surface area contributed by atoms with Crippen molar-refractivity contribution in [1.82, 2.24) is 19.7 Å². The van der Waals surface area contributed by atoms with Gasteiger partial charge in [0.1, 0.15) is 29.5 Å². The van der Waals surface area contributed by atoms with Crippen LogP contribution < -0.4 is 10.6 Å². The van der Waals surface area contributed by atoms with E-state index in [1.165, 1.54) is 18.5 Å². The summed E-state index contributed by atoms with van der Waals surface area (Å²) < 4.78 is 21.6. The lowest BCUT2D eigenvalue weighted by atomic mass is 10.1. The molecule has 0 spiro atoms. The molecule has 36 heavy (non-hydrogen) atoms. The number of furan rings is 1. The summed E-state index contributed by atoms with van der Waals surface area (Å²) in [4.78, 5) is 10.5. The Morgan fingerprint density at radius 1 is 1.00 bits per heavy atom. The van der Waals surface area contributed by atoms with E-state index in [-0.39, 0.29) is 5.82 Å². The fourth-order valence-corrected chi connectivity index (χ4v) is 4.42. The summed E-state index contributed by atoms with van der Waals surface area (Å²) in [5.74, 6) is 1.81. The van der Waals surface area contributed by atoms with Crippen molar-refractivity contribution in [3.8, 4) is 11.3 Å². The van der Waals surface area contributed by atoms with Crippen molar-refractivity contribution >= 4 is 33.3 Å². The molecular weight excluding hydrogens is 455 g/mol. The molecule has 3 heterocycles. The van der Waals surface area contributed by atoms with Crippen LogP contribution in [0.2, 0.25) is 0 Å². The molecule has 8 heteroatoms. The van der Waals surface area contributed by atoms with Crippen LogP contribution in [-0.4, -0.2) is 26.8 Å². The lowest BCUT2D eigenvalue weighted by molar-refractivity contribution is 0.520. The number of hydrogen-bond acceptors (Lipinski definition) is 6. The van der Waals surface area contributed by atoms with Crippen LogP contribution in [0.3, 0.4) is 0 Å². The summed E-state index contributed by atoms with van der Waals surface area (Å²) in [5.41, 5.74) is 10.6. The van der Waals surface area contributed by atoms with Gasteiger partial charge in [0.2, 0.25) is 0 Å². The van der Waals surface area contributed by atoms with Crippen LogP contribution in [-0.2, 0) is 13.1 Å². The number of nitrogens with zero attached hydrogens (tertiary/aromatic N) is 5. The average molecular weight is 479 g/mol. The summed E-state index contributed by atoms with van der Waals surface area (Å²) in [7, 11) is 2.02. The van der Waals surface area contributed by atoms with Crippen molar-refractivity contribution < 1.29 is 8.81 Å². The van der Waals surface area contributed by atoms with Gasteiger partial charge < -0.3 is 15.1 Å². The van der Waals surface area contributed by atoms with E-state index < -0.39 is 0 Å². The molecule has 0 aliphatic heterocycles. The summed E-state index contributed by atoms with van der Waals surface area (Å²) in [6.45, 7) is 1.11. The van der Waals surface area contributed by atoms with Crippen LogP contribution in [0.5, 0.6) is 0 Å². The fraction of sp³-hybridized carbons (Fsp3) is 0.107. The first-order valence-electron chi connectivity index (χ1n) is 11.5. The van der Waals surface area contributed by atoms with E-state index in [0.29, 0.717) is 18.9 Å². The number of aromatic nitrogens is 4. The largest absolute Gasteiger partial charge is 0.459 e. The third-order valence-electron chi connectivity index (χ3n) is 6.29. The predicted molar refractivity (Wildman–Crippen MR) is 139 cm³/mol. The maximum atomic E-state index is 13.6. The van der Waals surface area contributed by atoms with Gasteiger partial charge in [-0.25, -0.2) is 14.4 Å². The number of anilines is 2. The Bertz CT molecular complexity index is 1710. The van der Waals surface area contributed by atoms with E-state index in [4.69, 9.17) is 10.2 Å². The second kappa shape index (κ2) is 8.81. The topological polar surface area (TPSA) is 86.0 Å². The molecule has 0 unspecified atom stereocenters. The van der Waals surface area contributed by atoms with Crippen molar-refractivity contribution in [2.45, 2.75) is 13.1 Å². The zero-order valence-electron chi connectivity index (χ0n) is 19.6. The summed E-state index contributed by atoms with van der Waals surface area (Å²) in [5, 5.41) is 6.33. The highest BCUT2D eigenvalue weighted by molar-refractivity contribution is 5.91. The second-order valence-corrected chi connectivity index (χ2v) is 8.79. The molecular formula is C28H23FN6O. The van der Waals surface area contributed by atoms with Gasteiger partial charge in [-0.1, -0.05) is 12.1 Å². The van der Waals surface area contributed by atoms with Gasteiger partial charge in [-0.2, -0.15) is 5.10 Å². The van der Waals surface area contributed by atoms with Gasteiger partial charge in [-0.15, -0.1) is 0 Å². The van der Waals surface area contributed by atoms with Crippen molar-refractivity contribution in [3.63, 3.8) is 0 Å². The SMILES string of the molecule is CN(Cc1ccc(-c2ccc3ncnc(N)c3c2)o1)c1ccc2c(cnn2Cc2cccc(F)c2)c1. The Morgan fingerprint density at radius 3 is 2.81 bits per heavy atom. The number of benzene rings is 3. The maximum Gasteiger partial charge on any atom is 0.134 e. The van der Waals surface area contributed by atoms with Crippen molar-refractivity contribution in [1.29, 1.82) is 0 Å². The van der Waals surface area contributed by atoms with E-state index in [0.717, 1.165) is 50.1 Å². The Labute approximate surface area is 206 Å². The smallest absolute Gasteiger partial charge is 0.134 e. The number of halogens is 1. The van der Waals surface area contributed by atoms with Crippen LogP contribution in [0.15, 0.2) is 89.7 Å². The van der Waals surface area contributed by atoms with Gasteiger partial charge in [-0.3, -0.25) is 4.68 Å². The summed E-state index contributed by atoms with van der Waals surface area (Å²) in [6.07, 6.45) is 3.30. The summed E-state index contributed by atoms with van der Waals surface area (Å²) >= 11 is 0. The van der Waals surface area contributed by atoms with Crippen LogP contribution in [0.4, 0.5) is 15.9 Å². The molecule has 0 bridgehead atoms. The maximum absolute atomic E-state index is 13.6. The molecule has 6 rings (SSSR count). The third kappa shape index (κ3) is 4.13. The van der Waals surface area contributed by atoms with Gasteiger partial charge in [0.05, 0.1) is 30.3 Å². The molecule has 7 nitrogen and oxygen atoms in total. The Morgan fingerprint density at radius 2 is 1.92 bits per heavy atom. The molecule has 3 aromatic heterocycles. The van der Waals surface area contributed by atoms with E-state index in [2.05, 4.69) is 32.1 Å². The van der Waals surface area contributed by atoms with E-state index >= 15 is 0 Å². The van der Waals surface area contributed by atoms with E-state index in [1.54, 1.807) is 6.07 Å². The molecule has 6 aromatic rings.